The van der Waals surface area contributed by atoms with Gasteiger partial charge in [-0.1, -0.05) is 243 Å². The summed E-state index contributed by atoms with van der Waals surface area (Å²) in [6, 6.07) is 85.8. The molecule has 15 rings (SSSR count). The number of hydrogen-bond acceptors (Lipinski definition) is 3. The van der Waals surface area contributed by atoms with E-state index in [1.165, 1.54) is 117 Å². The highest BCUT2D eigenvalue weighted by atomic mass is 15.2. The van der Waals surface area contributed by atoms with Gasteiger partial charge in [-0.25, -0.2) is 0 Å². The Bertz CT molecular complexity index is 4340. The molecule has 10 aromatic carbocycles. The van der Waals surface area contributed by atoms with E-state index in [4.69, 9.17) is 0 Å². The average Bonchev–Trinajstić information content (AvgIpc) is 0.674. The summed E-state index contributed by atoms with van der Waals surface area (Å²) in [5, 5.41) is 0. The van der Waals surface area contributed by atoms with Gasteiger partial charge in [-0.3, -0.25) is 0 Å². The van der Waals surface area contributed by atoms with E-state index in [1.54, 1.807) is 0 Å². The fourth-order valence-electron chi connectivity index (χ4n) is 16.6. The minimum Gasteiger partial charge on any atom is -0.376 e. The molecule has 0 radical (unpaired) electrons. The summed E-state index contributed by atoms with van der Waals surface area (Å²) in [6.07, 6.45) is 4.55. The summed E-state index contributed by atoms with van der Waals surface area (Å²) in [5.41, 5.74) is 30.2. The first kappa shape index (κ1) is 57.1. The minimum absolute atomic E-state index is 0.00595. The Balaban J connectivity index is 1.08. The van der Waals surface area contributed by atoms with Crippen molar-refractivity contribution in [3.05, 3.63) is 274 Å². The molecule has 0 aromatic heterocycles. The van der Waals surface area contributed by atoms with Gasteiger partial charge in [0.25, 0.3) is 0 Å². The number of benzene rings is 10. The Kier molecular flexibility index (Phi) is 12.7. The monoisotopic (exact) mass is 1160 g/mol. The number of anilines is 8. The van der Waals surface area contributed by atoms with Crippen molar-refractivity contribution in [3.63, 3.8) is 0 Å². The van der Waals surface area contributed by atoms with Crippen LogP contribution in [0.25, 0.3) is 22.3 Å². The van der Waals surface area contributed by atoms with Gasteiger partial charge >= 0.3 is 6.85 Å². The van der Waals surface area contributed by atoms with E-state index in [0.29, 0.717) is 0 Å². The van der Waals surface area contributed by atoms with Crippen LogP contribution in [-0.2, 0) is 37.9 Å². The van der Waals surface area contributed by atoms with Gasteiger partial charge in [0.1, 0.15) is 0 Å². The fourth-order valence-corrected chi connectivity index (χ4v) is 16.6. The number of para-hydroxylation sites is 1. The van der Waals surface area contributed by atoms with Gasteiger partial charge < -0.3 is 14.6 Å². The lowest BCUT2D eigenvalue weighted by atomic mass is 9.42. The van der Waals surface area contributed by atoms with Gasteiger partial charge in [0.2, 0.25) is 0 Å². The molecule has 10 aromatic rings. The van der Waals surface area contributed by atoms with Crippen LogP contribution in [0.15, 0.2) is 218 Å². The minimum atomic E-state index is -0.670. The second kappa shape index (κ2) is 19.8. The molecule has 89 heavy (non-hydrogen) atoms. The van der Waals surface area contributed by atoms with E-state index >= 15 is 0 Å². The third kappa shape index (κ3) is 8.80. The Hall–Kier alpha value is -8.34. The number of rotatable bonds is 7. The molecule has 3 heterocycles. The summed E-state index contributed by atoms with van der Waals surface area (Å²) < 4.78 is 0. The quantitative estimate of drug-likeness (QED) is 0.147. The van der Waals surface area contributed by atoms with Crippen molar-refractivity contribution in [1.29, 1.82) is 0 Å². The zero-order chi connectivity index (χ0) is 62.0. The Morgan fingerprint density at radius 2 is 0.876 bits per heavy atom. The van der Waals surface area contributed by atoms with Crippen LogP contribution in [0, 0.1) is 0 Å². The number of hydrogen-bond donors (Lipinski definition) is 0. The zero-order valence-corrected chi connectivity index (χ0v) is 55.0. The number of nitrogens with zero attached hydrogens (tertiary/aromatic N) is 3. The maximum atomic E-state index is 2.78. The predicted octanol–water partition coefficient (Wildman–Crippen LogP) is 21.5. The van der Waals surface area contributed by atoms with Crippen LogP contribution in [0.1, 0.15) is 178 Å². The van der Waals surface area contributed by atoms with Crippen molar-refractivity contribution < 1.29 is 0 Å². The molecular formula is C85H86BN3. The molecule has 0 bridgehead atoms. The first-order valence-electron chi connectivity index (χ1n) is 32.9. The molecule has 0 amide bonds. The standard InChI is InChI=1S/C85H86BN3/c1-79(2,3)57-33-37-61(38-34-57)87(62-39-35-58(36-40-62)80(4,5)6)63-42-44-74-65(51-63)66-49-56(55-25-18-15-19-26-55)50-76-77(66)86(89(74)64-41-43-67-69(52-64)82(9,10)46-45-81(67,7)8)73-32-24-31-68-78(73)88(76)75-54-71-70(83(11,12)47-48-84(71,13)14)53-72(75)85(68,59-27-20-16-21-28-59)60-29-22-17-23-30-60/h15-44,49-54H,45-48H2,1-14H3. The topological polar surface area (TPSA) is 9.72 Å². The van der Waals surface area contributed by atoms with Crippen molar-refractivity contribution >= 4 is 63.3 Å². The van der Waals surface area contributed by atoms with Gasteiger partial charge in [-0.05, 0) is 214 Å². The highest BCUT2D eigenvalue weighted by molar-refractivity contribution is 6.93. The van der Waals surface area contributed by atoms with Crippen LogP contribution >= 0.6 is 0 Å². The maximum absolute atomic E-state index is 2.78. The van der Waals surface area contributed by atoms with E-state index in [2.05, 4.69) is 330 Å². The molecule has 0 N–H and O–H groups in total. The van der Waals surface area contributed by atoms with Gasteiger partial charge in [0.05, 0.1) is 11.1 Å². The second-order valence-corrected chi connectivity index (χ2v) is 31.5. The van der Waals surface area contributed by atoms with E-state index in [0.717, 1.165) is 42.7 Å². The smallest absolute Gasteiger partial charge is 0.333 e. The molecule has 0 spiro atoms. The molecule has 4 heteroatoms. The Labute approximate surface area is 531 Å². The largest absolute Gasteiger partial charge is 0.376 e. The Morgan fingerprint density at radius 3 is 1.43 bits per heavy atom. The first-order valence-corrected chi connectivity index (χ1v) is 32.9. The third-order valence-electron chi connectivity index (χ3n) is 21.9. The van der Waals surface area contributed by atoms with Crippen molar-refractivity contribution in [1.82, 2.24) is 0 Å². The van der Waals surface area contributed by atoms with E-state index in [-0.39, 0.29) is 39.3 Å². The average molecular weight is 1160 g/mol. The van der Waals surface area contributed by atoms with Crippen LogP contribution < -0.4 is 25.5 Å². The van der Waals surface area contributed by atoms with Gasteiger partial charge in [-0.15, -0.1) is 0 Å². The van der Waals surface area contributed by atoms with E-state index in [1.807, 2.05) is 0 Å². The lowest BCUT2D eigenvalue weighted by molar-refractivity contribution is 0.331. The molecule has 0 unspecified atom stereocenters. The van der Waals surface area contributed by atoms with E-state index < -0.39 is 5.41 Å². The van der Waals surface area contributed by atoms with Crippen molar-refractivity contribution in [2.75, 3.05) is 14.6 Å². The molecule has 2 aliphatic carbocycles. The normalized spacial score (nSPS) is 17.5. The molecule has 0 saturated heterocycles. The van der Waals surface area contributed by atoms with Crippen LogP contribution in [0.5, 0.6) is 0 Å². The van der Waals surface area contributed by atoms with Crippen LogP contribution in [-0.4, -0.2) is 6.85 Å². The Morgan fingerprint density at radius 1 is 0.371 bits per heavy atom. The highest BCUT2D eigenvalue weighted by Gasteiger charge is 2.55. The molecule has 5 aliphatic rings. The lowest BCUT2D eigenvalue weighted by Gasteiger charge is -2.53. The van der Waals surface area contributed by atoms with Gasteiger partial charge in [0, 0.05) is 45.4 Å². The summed E-state index contributed by atoms with van der Waals surface area (Å²) >= 11 is 0. The van der Waals surface area contributed by atoms with Gasteiger partial charge in [0.15, 0.2) is 0 Å². The van der Waals surface area contributed by atoms with Crippen LogP contribution in [0.2, 0.25) is 0 Å². The maximum Gasteiger partial charge on any atom is 0.333 e. The van der Waals surface area contributed by atoms with Crippen molar-refractivity contribution in [3.8, 4) is 22.3 Å². The molecule has 444 valence electrons. The van der Waals surface area contributed by atoms with Crippen LogP contribution in [0.4, 0.5) is 45.5 Å². The molecule has 3 aliphatic heterocycles. The lowest BCUT2D eigenvalue weighted by Crippen LogP contribution is -2.63. The first-order chi connectivity index (χ1) is 42.4. The summed E-state index contributed by atoms with van der Waals surface area (Å²) in [4.78, 5) is 8.04. The molecule has 3 nitrogen and oxygen atoms in total. The fraction of sp³-hybridized carbons (Fsp3) is 0.294. The van der Waals surface area contributed by atoms with Gasteiger partial charge in [-0.2, -0.15) is 0 Å². The summed E-state index contributed by atoms with van der Waals surface area (Å²) in [6.45, 7) is 33.5. The number of fused-ring (bicyclic) bond motifs is 8. The molecular weight excluding hydrogens is 1070 g/mol. The molecule has 0 saturated carbocycles. The molecule has 0 fully saturated rings. The SMILES string of the molecule is CC(C)(C)c1ccc(N(c2ccc(C(C)(C)C)cc2)c2ccc3c(c2)-c2cc(-c4ccccc4)cc4c2B(c2cccc5c2N4c2cc4c(cc2C5(c2ccccc2)c2ccccc2)C(C)(C)CCC4(C)C)N3c2ccc3c(c2)C(C)(C)CCC3(C)C)cc1. The summed E-state index contributed by atoms with van der Waals surface area (Å²) in [5.74, 6) is 0. The summed E-state index contributed by atoms with van der Waals surface area (Å²) in [7, 11) is 0. The van der Waals surface area contributed by atoms with Crippen LogP contribution in [0.3, 0.4) is 0 Å². The van der Waals surface area contributed by atoms with Crippen molar-refractivity contribution in [2.45, 2.75) is 161 Å². The highest BCUT2D eigenvalue weighted by Crippen LogP contribution is 2.62. The predicted molar refractivity (Wildman–Crippen MR) is 380 cm³/mol. The molecule has 0 atom stereocenters. The second-order valence-electron chi connectivity index (χ2n) is 31.5. The van der Waals surface area contributed by atoms with Crippen molar-refractivity contribution in [2.24, 2.45) is 0 Å². The zero-order valence-electron chi connectivity index (χ0n) is 55.0. The van der Waals surface area contributed by atoms with E-state index in [9.17, 15) is 0 Å². The third-order valence-corrected chi connectivity index (χ3v) is 21.9.